The van der Waals surface area contributed by atoms with Crippen LogP contribution in [0.2, 0.25) is 0 Å². The molecule has 0 saturated carbocycles. The number of anilines is 1. The highest BCUT2D eigenvalue weighted by Crippen LogP contribution is 2.46. The monoisotopic (exact) mass is 414 g/mol. The predicted octanol–water partition coefficient (Wildman–Crippen LogP) is 4.92. The smallest absolute Gasteiger partial charge is 0.226 e. The van der Waals surface area contributed by atoms with Gasteiger partial charge in [-0.3, -0.25) is 4.79 Å². The minimum Gasteiger partial charge on any atom is -0.496 e. The highest BCUT2D eigenvalue weighted by Gasteiger charge is 2.42. The quantitative estimate of drug-likeness (QED) is 0.659. The van der Waals surface area contributed by atoms with Crippen molar-refractivity contribution in [1.82, 2.24) is 14.8 Å². The molecular weight excluding hydrogens is 388 g/mol. The van der Waals surface area contributed by atoms with Crippen LogP contribution >= 0.6 is 0 Å². The summed E-state index contributed by atoms with van der Waals surface area (Å²) in [5.41, 5.74) is 4.70. The van der Waals surface area contributed by atoms with Crippen molar-refractivity contribution in [3.8, 4) is 17.1 Å². The number of ketones is 1. The molecule has 0 saturated heterocycles. The van der Waals surface area contributed by atoms with Crippen molar-refractivity contribution < 1.29 is 9.53 Å². The Balaban J connectivity index is 1.69. The van der Waals surface area contributed by atoms with E-state index < -0.39 is 0 Å². The number of carbonyl (C=O) groups is 1. The number of ether oxygens (including phenoxy) is 1. The second-order valence-corrected chi connectivity index (χ2v) is 9.18. The second-order valence-electron chi connectivity index (χ2n) is 9.18. The number of nitrogens with zero attached hydrogens (tertiary/aromatic N) is 3. The van der Waals surface area contributed by atoms with Gasteiger partial charge in [-0.05, 0) is 36.5 Å². The zero-order chi connectivity index (χ0) is 21.8. The normalized spacial score (nSPS) is 19.5. The van der Waals surface area contributed by atoms with E-state index in [2.05, 4.69) is 50.4 Å². The van der Waals surface area contributed by atoms with Gasteiger partial charge in [0.25, 0.3) is 0 Å². The Morgan fingerprint density at radius 2 is 1.84 bits per heavy atom. The second kappa shape index (κ2) is 7.08. The summed E-state index contributed by atoms with van der Waals surface area (Å²) in [6.07, 6.45) is 1.33. The van der Waals surface area contributed by atoms with Crippen LogP contribution in [0.3, 0.4) is 0 Å². The van der Waals surface area contributed by atoms with Crippen molar-refractivity contribution in [2.45, 2.75) is 39.7 Å². The first kappa shape index (κ1) is 19.5. The van der Waals surface area contributed by atoms with E-state index in [1.54, 1.807) is 7.11 Å². The van der Waals surface area contributed by atoms with Gasteiger partial charge < -0.3 is 10.1 Å². The number of allylic oxidation sites excluding steroid dienone is 2. The predicted molar refractivity (Wildman–Crippen MR) is 120 cm³/mol. The molecule has 5 rings (SSSR count). The van der Waals surface area contributed by atoms with Crippen LogP contribution < -0.4 is 10.1 Å². The van der Waals surface area contributed by atoms with Gasteiger partial charge in [0.1, 0.15) is 11.8 Å². The molecule has 1 aromatic heterocycles. The summed E-state index contributed by atoms with van der Waals surface area (Å²) >= 11 is 0. The van der Waals surface area contributed by atoms with Crippen LogP contribution in [0.1, 0.15) is 43.9 Å². The van der Waals surface area contributed by atoms with Crippen LogP contribution in [0, 0.1) is 12.3 Å². The average molecular weight is 415 g/mol. The van der Waals surface area contributed by atoms with Crippen molar-refractivity contribution in [2.24, 2.45) is 5.41 Å². The maximum atomic E-state index is 13.3. The van der Waals surface area contributed by atoms with Crippen LogP contribution in [-0.4, -0.2) is 27.7 Å². The summed E-state index contributed by atoms with van der Waals surface area (Å²) in [6, 6.07) is 15.7. The lowest BCUT2D eigenvalue weighted by Crippen LogP contribution is -2.36. The Morgan fingerprint density at radius 1 is 1.10 bits per heavy atom. The van der Waals surface area contributed by atoms with Gasteiger partial charge in [0, 0.05) is 17.7 Å². The first-order valence-electron chi connectivity index (χ1n) is 10.6. The van der Waals surface area contributed by atoms with Crippen LogP contribution in [0.5, 0.6) is 5.75 Å². The molecule has 158 valence electrons. The summed E-state index contributed by atoms with van der Waals surface area (Å²) in [4.78, 5) is 18.1. The Kier molecular flexibility index (Phi) is 4.46. The average Bonchev–Trinajstić information content (AvgIpc) is 3.15. The number of nitrogens with one attached hydrogen (secondary N) is 1. The van der Waals surface area contributed by atoms with E-state index in [9.17, 15) is 4.79 Å². The molecule has 1 unspecified atom stereocenters. The number of aryl methyl sites for hydroxylation is 1. The number of benzene rings is 2. The maximum Gasteiger partial charge on any atom is 0.226 e. The van der Waals surface area contributed by atoms with Crippen molar-refractivity contribution >= 4 is 11.7 Å². The van der Waals surface area contributed by atoms with Crippen LogP contribution in [0.15, 0.2) is 59.8 Å². The van der Waals surface area contributed by atoms with Gasteiger partial charge in [-0.1, -0.05) is 55.8 Å². The topological polar surface area (TPSA) is 69.0 Å². The molecule has 6 heteroatoms. The summed E-state index contributed by atoms with van der Waals surface area (Å²) < 4.78 is 7.37. The zero-order valence-corrected chi connectivity index (χ0v) is 18.3. The molecule has 0 bridgehead atoms. The van der Waals surface area contributed by atoms with E-state index in [0.29, 0.717) is 23.9 Å². The van der Waals surface area contributed by atoms with Crippen LogP contribution in [-0.2, 0) is 4.79 Å². The number of hydrogen-bond acceptors (Lipinski definition) is 5. The van der Waals surface area contributed by atoms with Gasteiger partial charge in [0.15, 0.2) is 11.6 Å². The molecule has 2 aromatic carbocycles. The summed E-state index contributed by atoms with van der Waals surface area (Å²) in [5, 5.41) is 8.28. The fourth-order valence-electron chi connectivity index (χ4n) is 4.61. The fraction of sp³-hybridized carbons (Fsp3) is 0.320. The molecule has 1 aliphatic heterocycles. The number of fused-ring (bicyclic) bond motifs is 1. The third-order valence-corrected chi connectivity index (χ3v) is 6.07. The maximum absolute atomic E-state index is 13.3. The van der Waals surface area contributed by atoms with Gasteiger partial charge in [-0.15, -0.1) is 5.10 Å². The highest BCUT2D eigenvalue weighted by molar-refractivity contribution is 6.00. The number of para-hydroxylation sites is 1. The van der Waals surface area contributed by atoms with Gasteiger partial charge in [0.2, 0.25) is 5.95 Å². The molecule has 31 heavy (non-hydrogen) atoms. The lowest BCUT2D eigenvalue weighted by atomic mass is 9.73. The van der Waals surface area contributed by atoms with E-state index in [0.717, 1.165) is 28.8 Å². The molecule has 1 atom stereocenters. The van der Waals surface area contributed by atoms with E-state index in [1.165, 1.54) is 5.56 Å². The van der Waals surface area contributed by atoms with Gasteiger partial charge in [0.05, 0.1) is 12.7 Å². The van der Waals surface area contributed by atoms with E-state index >= 15 is 0 Å². The zero-order valence-electron chi connectivity index (χ0n) is 18.3. The Labute approximate surface area is 182 Å². The third kappa shape index (κ3) is 3.32. The highest BCUT2D eigenvalue weighted by atomic mass is 16.5. The number of aromatic nitrogens is 3. The number of rotatable bonds is 3. The van der Waals surface area contributed by atoms with Crippen LogP contribution in [0.25, 0.3) is 11.4 Å². The number of Topliss-reactive ketones (excluding diaryl/α,β-unsaturated/α-hetero) is 1. The Bertz CT molecular complexity index is 1200. The molecule has 2 aliphatic rings. The molecule has 0 spiro atoms. The Hall–Kier alpha value is -3.41. The molecular formula is C25H26N4O2. The largest absolute Gasteiger partial charge is 0.496 e. The minimum absolute atomic E-state index is 0.0889. The number of methoxy groups -OCH3 is 1. The van der Waals surface area contributed by atoms with Crippen molar-refractivity contribution in [3.63, 3.8) is 0 Å². The van der Waals surface area contributed by atoms with Crippen molar-refractivity contribution in [1.29, 1.82) is 0 Å². The molecule has 3 aromatic rings. The van der Waals surface area contributed by atoms with Gasteiger partial charge in [-0.25, -0.2) is 4.68 Å². The van der Waals surface area contributed by atoms with E-state index in [4.69, 9.17) is 14.8 Å². The lowest BCUT2D eigenvalue weighted by Gasteiger charge is -2.38. The minimum atomic E-state index is -0.300. The summed E-state index contributed by atoms with van der Waals surface area (Å²) in [6.45, 7) is 6.33. The third-order valence-electron chi connectivity index (χ3n) is 6.07. The van der Waals surface area contributed by atoms with Crippen LogP contribution in [0.4, 0.5) is 5.95 Å². The standard InChI is InChI=1S/C25H26N4O2/c1-15-9-11-16(12-10-15)22-21-18(13-25(2,3)14-19(21)30)26-24-27-23(28-29(22)24)17-7-5-6-8-20(17)31-4/h5-12,22H,13-14H2,1-4H3,(H,26,27,28). The molecule has 0 fully saturated rings. The molecule has 2 heterocycles. The van der Waals surface area contributed by atoms with Crippen molar-refractivity contribution in [2.75, 3.05) is 12.4 Å². The first-order valence-corrected chi connectivity index (χ1v) is 10.6. The molecule has 1 N–H and O–H groups in total. The fourth-order valence-corrected chi connectivity index (χ4v) is 4.61. The van der Waals surface area contributed by atoms with E-state index in [-0.39, 0.29) is 17.2 Å². The number of carbonyl (C=O) groups excluding carboxylic acids is 1. The molecule has 0 radical (unpaired) electrons. The Morgan fingerprint density at radius 3 is 2.58 bits per heavy atom. The molecule has 6 nitrogen and oxygen atoms in total. The molecule has 0 amide bonds. The molecule has 1 aliphatic carbocycles. The van der Waals surface area contributed by atoms with Crippen molar-refractivity contribution in [3.05, 3.63) is 70.9 Å². The SMILES string of the molecule is COc1ccccc1-c1nc2n(n1)C(c1ccc(C)cc1)C1=C(CC(C)(C)CC1=O)N2. The van der Waals surface area contributed by atoms with Gasteiger partial charge >= 0.3 is 0 Å². The number of hydrogen-bond donors (Lipinski definition) is 1. The summed E-state index contributed by atoms with van der Waals surface area (Å²) in [7, 11) is 1.64. The first-order chi connectivity index (χ1) is 14.9. The van der Waals surface area contributed by atoms with Gasteiger partial charge in [-0.2, -0.15) is 4.98 Å². The van der Waals surface area contributed by atoms with E-state index in [1.807, 2.05) is 28.9 Å². The summed E-state index contributed by atoms with van der Waals surface area (Å²) in [5.74, 6) is 2.11. The lowest BCUT2D eigenvalue weighted by molar-refractivity contribution is -0.118.